The molecule has 0 fully saturated rings. The van der Waals surface area contributed by atoms with Gasteiger partial charge in [-0.3, -0.25) is 19.8 Å². The Labute approximate surface area is 181 Å². The van der Waals surface area contributed by atoms with E-state index in [1.165, 1.54) is 17.0 Å². The molecule has 6 nitrogen and oxygen atoms in total. The van der Waals surface area contributed by atoms with Gasteiger partial charge in [-0.2, -0.15) is 0 Å². The molecular formula is C23H16BrN3O3. The van der Waals surface area contributed by atoms with Gasteiger partial charge in [0.05, 0.1) is 16.2 Å². The van der Waals surface area contributed by atoms with E-state index in [0.29, 0.717) is 17.1 Å². The van der Waals surface area contributed by atoms with E-state index in [-0.39, 0.29) is 17.3 Å². The Bertz CT molecular complexity index is 1230. The number of nitrogens with zero attached hydrogens (tertiary/aromatic N) is 3. The molecule has 1 aliphatic rings. The molecule has 0 saturated heterocycles. The van der Waals surface area contributed by atoms with Crippen LogP contribution in [0.5, 0.6) is 0 Å². The van der Waals surface area contributed by atoms with Crippen LogP contribution in [0.4, 0.5) is 11.4 Å². The number of carbonyl (C=O) groups is 1. The fourth-order valence-electron chi connectivity index (χ4n) is 3.27. The highest BCUT2D eigenvalue weighted by Gasteiger charge is 2.33. The Hall–Kier alpha value is -3.58. The summed E-state index contributed by atoms with van der Waals surface area (Å²) in [6.07, 6.45) is 1.47. The number of aliphatic imine (C=N–C) groups is 1. The van der Waals surface area contributed by atoms with E-state index in [1.54, 1.807) is 18.2 Å². The molecule has 0 aliphatic carbocycles. The van der Waals surface area contributed by atoms with Gasteiger partial charge in [0.15, 0.2) is 0 Å². The van der Waals surface area contributed by atoms with Crippen LogP contribution in [0, 0.1) is 17.0 Å². The van der Waals surface area contributed by atoms with Crippen LogP contribution >= 0.6 is 15.9 Å². The quantitative estimate of drug-likeness (QED) is 0.292. The van der Waals surface area contributed by atoms with Crippen LogP contribution in [-0.4, -0.2) is 16.7 Å². The Morgan fingerprint density at radius 1 is 1.03 bits per heavy atom. The van der Waals surface area contributed by atoms with E-state index in [0.717, 1.165) is 15.6 Å². The second kappa shape index (κ2) is 8.04. The molecule has 0 spiro atoms. The Morgan fingerprint density at radius 2 is 1.77 bits per heavy atom. The molecule has 0 unspecified atom stereocenters. The summed E-state index contributed by atoms with van der Waals surface area (Å²) in [7, 11) is 0. The minimum Gasteiger partial charge on any atom is -0.266 e. The second-order valence-electron chi connectivity index (χ2n) is 6.74. The van der Waals surface area contributed by atoms with E-state index in [1.807, 2.05) is 55.5 Å². The van der Waals surface area contributed by atoms with Crippen molar-refractivity contribution in [2.45, 2.75) is 6.92 Å². The van der Waals surface area contributed by atoms with Crippen LogP contribution in [0.15, 0.2) is 88.0 Å². The molecule has 0 N–H and O–H groups in total. The lowest BCUT2D eigenvalue weighted by Gasteiger charge is -2.19. The van der Waals surface area contributed by atoms with E-state index in [9.17, 15) is 14.9 Å². The second-order valence-corrected chi connectivity index (χ2v) is 7.59. The predicted molar refractivity (Wildman–Crippen MR) is 120 cm³/mol. The number of aryl methyl sites for hydroxylation is 1. The zero-order valence-corrected chi connectivity index (χ0v) is 17.5. The molecule has 1 aliphatic heterocycles. The molecule has 1 heterocycles. The summed E-state index contributed by atoms with van der Waals surface area (Å²) < 4.78 is 0.793. The molecule has 7 heteroatoms. The number of benzene rings is 3. The maximum atomic E-state index is 13.4. The highest BCUT2D eigenvalue weighted by atomic mass is 79.9. The van der Waals surface area contributed by atoms with Crippen molar-refractivity contribution in [3.05, 3.63) is 110 Å². The van der Waals surface area contributed by atoms with E-state index < -0.39 is 4.92 Å². The number of para-hydroxylation sites is 1. The third-order valence-electron chi connectivity index (χ3n) is 4.66. The molecule has 30 heavy (non-hydrogen) atoms. The number of amides is 1. The molecule has 0 radical (unpaired) electrons. The molecule has 3 aromatic rings. The lowest BCUT2D eigenvalue weighted by molar-refractivity contribution is -0.385. The lowest BCUT2D eigenvalue weighted by Crippen LogP contribution is -2.32. The first-order valence-electron chi connectivity index (χ1n) is 9.15. The summed E-state index contributed by atoms with van der Waals surface area (Å²) in [5.74, 6) is 0.118. The van der Waals surface area contributed by atoms with Crippen molar-refractivity contribution in [3.63, 3.8) is 0 Å². The largest absolute Gasteiger partial charge is 0.282 e. The Kier molecular flexibility index (Phi) is 5.29. The Morgan fingerprint density at radius 3 is 2.50 bits per heavy atom. The van der Waals surface area contributed by atoms with Crippen LogP contribution in [0.1, 0.15) is 16.7 Å². The maximum absolute atomic E-state index is 13.4. The van der Waals surface area contributed by atoms with Gasteiger partial charge in [0.1, 0.15) is 11.5 Å². The molecule has 0 atom stereocenters. The molecule has 0 aromatic heterocycles. The normalized spacial score (nSPS) is 14.9. The third kappa shape index (κ3) is 3.67. The average Bonchev–Trinajstić information content (AvgIpc) is 3.04. The SMILES string of the molecule is Cc1cccc(N2C(=O)/C(=C\c3ccccc3[N+](=O)[O-])N=C2c2ccccc2Br)c1. The summed E-state index contributed by atoms with van der Waals surface area (Å²) in [6.45, 7) is 1.95. The molecule has 0 saturated carbocycles. The van der Waals surface area contributed by atoms with Gasteiger partial charge in [-0.05, 0) is 42.8 Å². The molecule has 148 valence electrons. The highest BCUT2D eigenvalue weighted by Crippen LogP contribution is 2.32. The standard InChI is InChI=1S/C23H16BrN3O3/c1-15-7-6-9-17(13-15)26-22(18-10-3-4-11-19(18)24)25-20(23(26)28)14-16-8-2-5-12-21(16)27(29)30/h2-14H,1H3/b20-14+. The van der Waals surface area contributed by atoms with Crippen molar-refractivity contribution < 1.29 is 9.72 Å². The number of anilines is 1. The monoisotopic (exact) mass is 461 g/mol. The highest BCUT2D eigenvalue weighted by molar-refractivity contribution is 9.10. The number of amidine groups is 1. The van der Waals surface area contributed by atoms with Gasteiger partial charge in [-0.1, -0.05) is 58.4 Å². The van der Waals surface area contributed by atoms with Crippen LogP contribution < -0.4 is 4.90 Å². The van der Waals surface area contributed by atoms with Crippen molar-refractivity contribution >= 4 is 45.1 Å². The molecule has 0 bridgehead atoms. The van der Waals surface area contributed by atoms with E-state index in [2.05, 4.69) is 20.9 Å². The lowest BCUT2D eigenvalue weighted by atomic mass is 10.1. The minimum absolute atomic E-state index is 0.0792. The van der Waals surface area contributed by atoms with Crippen LogP contribution in [0.2, 0.25) is 0 Å². The first-order valence-corrected chi connectivity index (χ1v) is 9.95. The first-order chi connectivity index (χ1) is 14.5. The van der Waals surface area contributed by atoms with Gasteiger partial charge in [0, 0.05) is 16.1 Å². The summed E-state index contributed by atoms with van der Waals surface area (Å²) in [5.41, 5.74) is 2.81. The molecule has 1 amide bonds. The smallest absolute Gasteiger partial charge is 0.266 e. The molecular weight excluding hydrogens is 446 g/mol. The van der Waals surface area contributed by atoms with Gasteiger partial charge in [-0.15, -0.1) is 0 Å². The van der Waals surface area contributed by atoms with E-state index >= 15 is 0 Å². The fourth-order valence-corrected chi connectivity index (χ4v) is 3.73. The summed E-state index contributed by atoms with van der Waals surface area (Å²) in [6, 6.07) is 21.3. The number of hydrogen-bond acceptors (Lipinski definition) is 4. The van der Waals surface area contributed by atoms with E-state index in [4.69, 9.17) is 0 Å². The number of carbonyl (C=O) groups excluding carboxylic acids is 1. The minimum atomic E-state index is -0.470. The third-order valence-corrected chi connectivity index (χ3v) is 5.35. The fraction of sp³-hybridized carbons (Fsp3) is 0.0435. The topological polar surface area (TPSA) is 75.8 Å². The summed E-state index contributed by atoms with van der Waals surface area (Å²) >= 11 is 3.53. The molecule has 4 rings (SSSR count). The van der Waals surface area contributed by atoms with Gasteiger partial charge < -0.3 is 0 Å². The van der Waals surface area contributed by atoms with Crippen molar-refractivity contribution in [2.24, 2.45) is 4.99 Å². The first kappa shape index (κ1) is 19.7. The zero-order valence-electron chi connectivity index (χ0n) is 15.9. The van der Waals surface area contributed by atoms with Crippen LogP contribution in [0.3, 0.4) is 0 Å². The van der Waals surface area contributed by atoms with Gasteiger partial charge in [0.25, 0.3) is 11.6 Å². The predicted octanol–water partition coefficient (Wildman–Crippen LogP) is 5.50. The van der Waals surface area contributed by atoms with Gasteiger partial charge in [-0.25, -0.2) is 4.99 Å². The van der Waals surface area contributed by atoms with Crippen LogP contribution in [0.25, 0.3) is 6.08 Å². The Balaban J connectivity index is 1.89. The summed E-state index contributed by atoms with van der Waals surface area (Å²) in [5, 5.41) is 11.4. The van der Waals surface area contributed by atoms with Crippen molar-refractivity contribution in [1.82, 2.24) is 0 Å². The van der Waals surface area contributed by atoms with Crippen molar-refractivity contribution in [1.29, 1.82) is 0 Å². The number of rotatable bonds is 4. The zero-order chi connectivity index (χ0) is 21.3. The van der Waals surface area contributed by atoms with Gasteiger partial charge in [0.2, 0.25) is 0 Å². The number of nitro benzene ring substituents is 1. The molecule has 3 aromatic carbocycles. The number of nitro groups is 1. The number of halogens is 1. The maximum Gasteiger partial charge on any atom is 0.282 e. The van der Waals surface area contributed by atoms with Gasteiger partial charge >= 0.3 is 0 Å². The number of hydrogen-bond donors (Lipinski definition) is 0. The van der Waals surface area contributed by atoms with Crippen molar-refractivity contribution in [2.75, 3.05) is 4.90 Å². The van der Waals surface area contributed by atoms with Crippen LogP contribution in [-0.2, 0) is 4.79 Å². The average molecular weight is 462 g/mol. The summed E-state index contributed by atoms with van der Waals surface area (Å²) in [4.78, 5) is 30.4. The van der Waals surface area contributed by atoms with Crippen molar-refractivity contribution in [3.8, 4) is 0 Å².